The number of nitriles is 2. The highest BCUT2D eigenvalue weighted by Crippen LogP contribution is 2.38. The largest absolute Gasteiger partial charge is 0.481 e. The second-order valence-corrected chi connectivity index (χ2v) is 13.9. The fourth-order valence-electron chi connectivity index (χ4n) is 4.78. The van der Waals surface area contributed by atoms with Gasteiger partial charge in [-0.25, -0.2) is 28.3 Å². The summed E-state index contributed by atoms with van der Waals surface area (Å²) in [5.41, 5.74) is 9.06. The Kier molecular flexibility index (Phi) is 22.2. The molecule has 65 heavy (non-hydrogen) atoms. The first-order chi connectivity index (χ1) is 30.8. The lowest BCUT2D eigenvalue weighted by molar-refractivity contribution is -0.119. The number of rotatable bonds is 14. The maximum Gasteiger partial charge on any atom is 0.414 e. The molecule has 0 aliphatic rings. The molecule has 0 bridgehead atoms. The fourth-order valence-corrected chi connectivity index (χ4v) is 5.28. The molecule has 4 amide bonds. The number of halogens is 4. The summed E-state index contributed by atoms with van der Waals surface area (Å²) in [6, 6.07) is 11.4. The van der Waals surface area contributed by atoms with Gasteiger partial charge in [0.25, 0.3) is 5.91 Å². The van der Waals surface area contributed by atoms with E-state index in [0.717, 1.165) is 23.3 Å². The topological polar surface area (TPSA) is 271 Å². The SMILES string of the molecule is CCOC(=O)NC(=O)/C(C#N)=N\Nc1cc(F)c(Oc2cnc(OC)c(C(C)C)c2)c(Cl)c1.CCOC(=O)NC(=O)CC#N.COc1ncc(Oc2c(F)cc(N)cc2Cl)cc1C(C)C. The van der Waals surface area contributed by atoms with Crippen molar-refractivity contribution in [3.8, 4) is 46.9 Å². The van der Waals surface area contributed by atoms with E-state index >= 15 is 0 Å². The number of hydrogen-bond acceptors (Lipinski definition) is 17. The van der Waals surface area contributed by atoms with E-state index in [0.29, 0.717) is 17.5 Å². The van der Waals surface area contributed by atoms with Gasteiger partial charge in [0, 0.05) is 28.9 Å². The number of carbonyl (C=O) groups is 4. The zero-order chi connectivity index (χ0) is 48.8. The molecule has 2 aromatic carbocycles. The van der Waals surface area contributed by atoms with Crippen molar-refractivity contribution < 1.29 is 56.4 Å². The van der Waals surface area contributed by atoms with Gasteiger partial charge < -0.3 is 34.2 Å². The van der Waals surface area contributed by atoms with E-state index in [4.69, 9.17) is 58.4 Å². The second-order valence-electron chi connectivity index (χ2n) is 13.1. The van der Waals surface area contributed by atoms with Crippen LogP contribution >= 0.6 is 23.2 Å². The molecule has 2 aromatic heterocycles. The zero-order valence-electron chi connectivity index (χ0n) is 36.3. The molecule has 346 valence electrons. The van der Waals surface area contributed by atoms with E-state index in [1.54, 1.807) is 39.2 Å². The molecular weight excluding hydrogens is 899 g/mol. The van der Waals surface area contributed by atoms with Crippen LogP contribution in [0.15, 0.2) is 53.9 Å². The summed E-state index contributed by atoms with van der Waals surface area (Å²) in [6.07, 6.45) is 0.649. The number of nitrogens with two attached hydrogens (primary N) is 1. The summed E-state index contributed by atoms with van der Waals surface area (Å²) >= 11 is 12.1. The Morgan fingerprint density at radius 3 is 1.66 bits per heavy atom. The Hall–Kier alpha value is -7.49. The van der Waals surface area contributed by atoms with Gasteiger partial charge in [0.15, 0.2) is 23.1 Å². The van der Waals surface area contributed by atoms with Crippen molar-refractivity contribution >= 4 is 64.3 Å². The number of pyridine rings is 2. The zero-order valence-corrected chi connectivity index (χ0v) is 37.8. The minimum absolute atomic E-state index is 0.0252. The Labute approximate surface area is 382 Å². The van der Waals surface area contributed by atoms with E-state index in [1.807, 2.05) is 38.3 Å². The van der Waals surface area contributed by atoms with Crippen LogP contribution in [0.4, 0.5) is 29.7 Å². The first-order valence-electron chi connectivity index (χ1n) is 19.0. The summed E-state index contributed by atoms with van der Waals surface area (Å²) in [4.78, 5) is 52.4. The molecule has 0 atom stereocenters. The van der Waals surface area contributed by atoms with Gasteiger partial charge in [0.1, 0.15) is 24.0 Å². The number of imide groups is 2. The number of alkyl carbamates (subject to hydrolysis) is 2. The lowest BCUT2D eigenvalue weighted by Gasteiger charge is -2.14. The normalized spacial score (nSPS) is 10.4. The van der Waals surface area contributed by atoms with Crippen LogP contribution in [0.25, 0.3) is 0 Å². The van der Waals surface area contributed by atoms with E-state index in [1.165, 1.54) is 37.7 Å². The Bertz CT molecular complexity index is 2400. The number of nitrogen functional groups attached to an aromatic ring is 1. The Morgan fingerprint density at radius 2 is 1.25 bits per heavy atom. The molecule has 5 N–H and O–H groups in total. The van der Waals surface area contributed by atoms with Crippen LogP contribution in [0.2, 0.25) is 10.0 Å². The first kappa shape index (κ1) is 53.6. The van der Waals surface area contributed by atoms with E-state index < -0.39 is 41.3 Å². The van der Waals surface area contributed by atoms with Crippen LogP contribution in [0.5, 0.6) is 34.8 Å². The van der Waals surface area contributed by atoms with Crippen LogP contribution in [0.1, 0.15) is 70.9 Å². The van der Waals surface area contributed by atoms with Crippen LogP contribution in [0.3, 0.4) is 0 Å². The van der Waals surface area contributed by atoms with Crippen molar-refractivity contribution in [1.29, 1.82) is 10.5 Å². The highest BCUT2D eigenvalue weighted by Gasteiger charge is 2.19. The third-order valence-corrected chi connectivity index (χ3v) is 8.22. The molecule has 23 heteroatoms. The molecule has 4 rings (SSSR count). The fraction of sp³-hybridized carbons (Fsp3) is 0.310. The number of benzene rings is 2. The van der Waals surface area contributed by atoms with Crippen LogP contribution < -0.4 is 40.7 Å². The number of methoxy groups -OCH3 is 2. The summed E-state index contributed by atoms with van der Waals surface area (Å²) in [6.45, 7) is 11.3. The van der Waals surface area contributed by atoms with Crippen molar-refractivity contribution in [1.82, 2.24) is 20.6 Å². The predicted molar refractivity (Wildman–Crippen MR) is 234 cm³/mol. The maximum atomic E-state index is 14.7. The Balaban J connectivity index is 0.000000384. The van der Waals surface area contributed by atoms with E-state index in [-0.39, 0.29) is 70.1 Å². The molecule has 19 nitrogen and oxygen atoms in total. The van der Waals surface area contributed by atoms with Crippen molar-refractivity contribution in [2.45, 2.75) is 59.8 Å². The third kappa shape index (κ3) is 17.3. The standard InChI is InChI=1S/C21H21ClFN5O5.C15H16ClFN2O2.C6H8N2O3/c1-5-32-21(30)26-19(29)17(9-24)28-27-12-6-15(22)18(16(23)7-12)33-13-8-14(11(2)3)20(31-4)25-10-13;1-8(2)11-6-10(7-19-15(11)20-3)21-14-12(16)4-9(18)5-13(14)17;1-2-11-6(10)8-5(9)3-4-7/h6-8,10-11,27H,5H2,1-4H3,(H,26,29,30);4-8H,18H2,1-3H3;2-3H2,1H3,(H,8,9,10)/b28-17-;;. The minimum atomic E-state index is -1.09. The lowest BCUT2D eigenvalue weighted by Crippen LogP contribution is -2.36. The van der Waals surface area contributed by atoms with Crippen molar-refractivity contribution in [2.75, 3.05) is 38.6 Å². The molecule has 0 radical (unpaired) electrons. The van der Waals surface area contributed by atoms with Crippen LogP contribution in [-0.2, 0) is 19.1 Å². The van der Waals surface area contributed by atoms with Crippen molar-refractivity contribution in [2.24, 2.45) is 5.10 Å². The lowest BCUT2D eigenvalue weighted by atomic mass is 10.1. The second kappa shape index (κ2) is 26.9. The third-order valence-electron chi connectivity index (χ3n) is 7.66. The van der Waals surface area contributed by atoms with Gasteiger partial charge in [0.2, 0.25) is 23.4 Å². The molecule has 4 aromatic rings. The number of nitrogens with one attached hydrogen (secondary N) is 3. The monoisotopic (exact) mass is 943 g/mol. The number of ether oxygens (including phenoxy) is 6. The van der Waals surface area contributed by atoms with Gasteiger partial charge in [-0.1, -0.05) is 50.9 Å². The number of nitrogens with zero attached hydrogens (tertiary/aromatic N) is 5. The van der Waals surface area contributed by atoms with Crippen LogP contribution in [0, 0.1) is 34.3 Å². The predicted octanol–water partition coefficient (Wildman–Crippen LogP) is 8.92. The molecule has 0 aliphatic heterocycles. The molecule has 0 spiro atoms. The molecular formula is C42H45Cl2F2N9O10. The summed E-state index contributed by atoms with van der Waals surface area (Å²) in [7, 11) is 3.04. The minimum Gasteiger partial charge on any atom is -0.481 e. The van der Waals surface area contributed by atoms with Crippen LogP contribution in [-0.4, -0.2) is 67.1 Å². The average Bonchev–Trinajstić information content (AvgIpc) is 3.24. The molecule has 2 heterocycles. The number of carbonyl (C=O) groups excluding carboxylic acids is 4. The summed E-state index contributed by atoms with van der Waals surface area (Å²) in [5.74, 6) is -1.69. The highest BCUT2D eigenvalue weighted by atomic mass is 35.5. The molecule has 0 fully saturated rings. The van der Waals surface area contributed by atoms with Gasteiger partial charge >= 0.3 is 12.2 Å². The van der Waals surface area contributed by atoms with Gasteiger partial charge in [-0.05, 0) is 49.9 Å². The number of anilines is 2. The van der Waals surface area contributed by atoms with Gasteiger partial charge in [-0.2, -0.15) is 15.6 Å². The smallest absolute Gasteiger partial charge is 0.414 e. The highest BCUT2D eigenvalue weighted by molar-refractivity contribution is 6.46. The maximum absolute atomic E-state index is 14.7. The summed E-state index contributed by atoms with van der Waals surface area (Å²) in [5, 5.41) is 24.3. The summed E-state index contributed by atoms with van der Waals surface area (Å²) < 4.78 is 59.0. The van der Waals surface area contributed by atoms with Gasteiger partial charge in [-0.15, -0.1) is 0 Å². The average molecular weight is 945 g/mol. The number of hydrazone groups is 1. The molecule has 0 aliphatic carbocycles. The van der Waals surface area contributed by atoms with Gasteiger partial charge in [-0.3, -0.25) is 25.6 Å². The van der Waals surface area contributed by atoms with Crippen molar-refractivity contribution in [3.63, 3.8) is 0 Å². The number of hydrogen-bond donors (Lipinski definition) is 4. The van der Waals surface area contributed by atoms with Gasteiger partial charge in [0.05, 0.1) is 61.6 Å². The molecule has 0 unspecified atom stereocenters. The van der Waals surface area contributed by atoms with E-state index in [2.05, 4.69) is 30.0 Å². The number of amides is 4. The first-order valence-corrected chi connectivity index (χ1v) is 19.8. The van der Waals surface area contributed by atoms with Crippen molar-refractivity contribution in [3.05, 3.63) is 81.6 Å². The van der Waals surface area contributed by atoms with E-state index in [9.17, 15) is 28.0 Å². The molecule has 0 saturated carbocycles. The Morgan fingerprint density at radius 1 is 0.769 bits per heavy atom. The number of aromatic nitrogens is 2. The molecule has 0 saturated heterocycles. The quantitative estimate of drug-likeness (QED) is 0.0522.